The van der Waals surface area contributed by atoms with E-state index in [1.165, 1.54) is 13.2 Å². The van der Waals surface area contributed by atoms with Crippen molar-refractivity contribution in [3.8, 4) is 0 Å². The molecule has 8 nitrogen and oxygen atoms in total. The molecule has 0 radical (unpaired) electrons. The summed E-state index contributed by atoms with van der Waals surface area (Å²) in [7, 11) is 1.40. The van der Waals surface area contributed by atoms with Gasteiger partial charge in [0, 0.05) is 7.11 Å². The predicted molar refractivity (Wildman–Crippen MR) is 76.1 cm³/mol. The number of carbonyl (C=O) groups is 2. The Hall–Kier alpha value is -2.88. The molecule has 2 rings (SSSR count). The van der Waals surface area contributed by atoms with Crippen molar-refractivity contribution in [3.05, 3.63) is 47.3 Å². The minimum atomic E-state index is -1.26. The number of aromatic carboxylic acids is 1. The van der Waals surface area contributed by atoms with Crippen LogP contribution < -0.4 is 5.32 Å². The van der Waals surface area contributed by atoms with Gasteiger partial charge in [-0.2, -0.15) is 0 Å². The molecule has 0 fully saturated rings. The van der Waals surface area contributed by atoms with Gasteiger partial charge in [0.05, 0.1) is 18.8 Å². The van der Waals surface area contributed by atoms with Crippen LogP contribution in [0.3, 0.4) is 0 Å². The fourth-order valence-electron chi connectivity index (χ4n) is 1.98. The average Bonchev–Trinajstić information content (AvgIpc) is 2.98. The molecule has 0 saturated heterocycles. The smallest absolute Gasteiger partial charge is 0.358 e. The van der Waals surface area contributed by atoms with Crippen molar-refractivity contribution in [2.45, 2.75) is 12.6 Å². The van der Waals surface area contributed by atoms with Gasteiger partial charge < -0.3 is 15.2 Å². The highest BCUT2D eigenvalue weighted by Crippen LogP contribution is 2.17. The summed E-state index contributed by atoms with van der Waals surface area (Å²) in [6, 6.07) is 2.55. The quantitative estimate of drug-likeness (QED) is 0.771. The van der Waals surface area contributed by atoms with E-state index in [1.54, 1.807) is 0 Å². The van der Waals surface area contributed by atoms with Crippen LogP contribution in [0.2, 0.25) is 0 Å². The van der Waals surface area contributed by atoms with Crippen molar-refractivity contribution >= 4 is 11.9 Å². The molecule has 1 aromatic carbocycles. The van der Waals surface area contributed by atoms with Crippen LogP contribution in [0.15, 0.2) is 24.4 Å². The van der Waals surface area contributed by atoms with Crippen LogP contribution in [0, 0.1) is 11.6 Å². The van der Waals surface area contributed by atoms with Crippen molar-refractivity contribution in [2.75, 3.05) is 13.7 Å². The first-order valence-corrected chi connectivity index (χ1v) is 6.77. The number of amides is 1. The van der Waals surface area contributed by atoms with Gasteiger partial charge in [0.2, 0.25) is 5.91 Å². The molecule has 0 bridgehead atoms. The van der Waals surface area contributed by atoms with Crippen molar-refractivity contribution in [3.63, 3.8) is 0 Å². The van der Waals surface area contributed by atoms with E-state index in [4.69, 9.17) is 9.84 Å². The summed E-state index contributed by atoms with van der Waals surface area (Å²) in [4.78, 5) is 22.7. The van der Waals surface area contributed by atoms with Crippen molar-refractivity contribution < 1.29 is 28.2 Å². The number of methoxy groups -OCH3 is 1. The third-order valence-corrected chi connectivity index (χ3v) is 3.08. The van der Waals surface area contributed by atoms with Crippen molar-refractivity contribution in [1.82, 2.24) is 20.3 Å². The Balaban J connectivity index is 2.07. The molecule has 0 spiro atoms. The normalized spacial score (nSPS) is 12.0. The Morgan fingerprint density at radius 1 is 1.38 bits per heavy atom. The average molecular weight is 340 g/mol. The van der Waals surface area contributed by atoms with Gasteiger partial charge in [-0.3, -0.25) is 4.79 Å². The summed E-state index contributed by atoms with van der Waals surface area (Å²) >= 11 is 0. The molecular formula is C14H14F2N4O4. The largest absolute Gasteiger partial charge is 0.476 e. The number of halogens is 2. The van der Waals surface area contributed by atoms with Gasteiger partial charge in [0.25, 0.3) is 0 Å². The minimum Gasteiger partial charge on any atom is -0.476 e. The first-order chi connectivity index (χ1) is 11.4. The van der Waals surface area contributed by atoms with E-state index in [0.29, 0.717) is 5.56 Å². The molecule has 2 N–H and O–H groups in total. The number of benzene rings is 1. The Labute approximate surface area is 135 Å². The molecule has 10 heteroatoms. The van der Waals surface area contributed by atoms with E-state index in [0.717, 1.165) is 23.0 Å². The Bertz CT molecular complexity index is 750. The Morgan fingerprint density at radius 3 is 2.71 bits per heavy atom. The molecule has 128 valence electrons. The van der Waals surface area contributed by atoms with Gasteiger partial charge in [0.15, 0.2) is 17.3 Å². The molecule has 1 heterocycles. The second kappa shape index (κ2) is 7.59. The molecule has 1 amide bonds. The van der Waals surface area contributed by atoms with Crippen LogP contribution in [-0.4, -0.2) is 45.7 Å². The van der Waals surface area contributed by atoms with Crippen LogP contribution in [0.4, 0.5) is 8.78 Å². The highest BCUT2D eigenvalue weighted by atomic mass is 19.2. The lowest BCUT2D eigenvalue weighted by Gasteiger charge is -2.18. The maximum atomic E-state index is 13.3. The number of nitrogens with one attached hydrogen (secondary N) is 1. The fraction of sp³-hybridized carbons (Fsp3) is 0.286. The second-order valence-electron chi connectivity index (χ2n) is 4.86. The molecule has 0 aliphatic carbocycles. The molecule has 1 unspecified atom stereocenters. The zero-order valence-electron chi connectivity index (χ0n) is 12.6. The van der Waals surface area contributed by atoms with Gasteiger partial charge in [0.1, 0.15) is 6.54 Å². The molecular weight excluding hydrogens is 326 g/mol. The van der Waals surface area contributed by atoms with E-state index >= 15 is 0 Å². The molecule has 24 heavy (non-hydrogen) atoms. The summed E-state index contributed by atoms with van der Waals surface area (Å²) in [5.74, 6) is -3.82. The summed E-state index contributed by atoms with van der Waals surface area (Å²) in [5, 5.41) is 18.2. The zero-order chi connectivity index (χ0) is 17.7. The summed E-state index contributed by atoms with van der Waals surface area (Å²) in [6.45, 7) is -0.251. The SMILES string of the molecule is COCC(NC(=O)Cn1cc(C(=O)O)nn1)c1ccc(F)c(F)c1. The molecule has 2 aromatic rings. The summed E-state index contributed by atoms with van der Waals surface area (Å²) in [5.41, 5.74) is 0.0331. The number of ether oxygens (including phenoxy) is 1. The van der Waals surface area contributed by atoms with Crippen LogP contribution in [0.5, 0.6) is 0 Å². The number of aromatic nitrogens is 3. The maximum Gasteiger partial charge on any atom is 0.358 e. The summed E-state index contributed by atoms with van der Waals surface area (Å²) in [6.07, 6.45) is 1.10. The first kappa shape index (κ1) is 17.5. The van der Waals surface area contributed by atoms with Crippen LogP contribution >= 0.6 is 0 Å². The molecule has 1 aromatic heterocycles. The number of carboxylic acid groups (broad SMARTS) is 1. The lowest BCUT2D eigenvalue weighted by molar-refractivity contribution is -0.123. The Kier molecular flexibility index (Phi) is 5.53. The predicted octanol–water partition coefficient (Wildman–Crippen LogP) is 0.758. The highest BCUT2D eigenvalue weighted by Gasteiger charge is 2.18. The number of nitrogens with zero attached hydrogens (tertiary/aromatic N) is 3. The monoisotopic (exact) mass is 340 g/mol. The standard InChI is InChI=1S/C14H14F2N4O4/c1-24-7-12(8-2-3-9(15)10(16)4-8)17-13(21)6-20-5-11(14(22)23)18-19-20/h2-5,12H,6-7H2,1H3,(H,17,21)(H,22,23). The molecule has 0 aliphatic heterocycles. The first-order valence-electron chi connectivity index (χ1n) is 6.77. The maximum absolute atomic E-state index is 13.3. The van der Waals surface area contributed by atoms with Crippen LogP contribution in [0.25, 0.3) is 0 Å². The molecule has 0 saturated carbocycles. The number of carbonyl (C=O) groups excluding carboxylic acids is 1. The molecule has 1 atom stereocenters. The van der Waals surface area contributed by atoms with E-state index < -0.39 is 29.6 Å². The topological polar surface area (TPSA) is 106 Å². The van der Waals surface area contributed by atoms with E-state index in [1.807, 2.05) is 0 Å². The van der Waals surface area contributed by atoms with Gasteiger partial charge in [-0.25, -0.2) is 18.3 Å². The molecule has 0 aliphatic rings. The van der Waals surface area contributed by atoms with Gasteiger partial charge in [-0.1, -0.05) is 11.3 Å². The fourth-order valence-corrected chi connectivity index (χ4v) is 1.98. The Morgan fingerprint density at radius 2 is 2.12 bits per heavy atom. The van der Waals surface area contributed by atoms with Crippen molar-refractivity contribution in [2.24, 2.45) is 0 Å². The number of rotatable bonds is 7. The van der Waals surface area contributed by atoms with Gasteiger partial charge in [-0.15, -0.1) is 5.10 Å². The lowest BCUT2D eigenvalue weighted by Crippen LogP contribution is -2.34. The van der Waals surface area contributed by atoms with E-state index in [9.17, 15) is 18.4 Å². The van der Waals surface area contributed by atoms with Crippen LogP contribution in [-0.2, 0) is 16.1 Å². The zero-order valence-corrected chi connectivity index (χ0v) is 12.6. The number of hydrogen-bond acceptors (Lipinski definition) is 5. The van der Waals surface area contributed by atoms with E-state index in [-0.39, 0.29) is 18.8 Å². The third kappa shape index (κ3) is 4.32. The van der Waals surface area contributed by atoms with Crippen molar-refractivity contribution in [1.29, 1.82) is 0 Å². The second-order valence-corrected chi connectivity index (χ2v) is 4.86. The van der Waals surface area contributed by atoms with E-state index in [2.05, 4.69) is 15.6 Å². The van der Waals surface area contributed by atoms with Gasteiger partial charge >= 0.3 is 5.97 Å². The number of carboxylic acids is 1. The number of hydrogen-bond donors (Lipinski definition) is 2. The van der Waals surface area contributed by atoms with Gasteiger partial charge in [-0.05, 0) is 17.7 Å². The minimum absolute atomic E-state index is 0.0363. The van der Waals surface area contributed by atoms with Crippen LogP contribution in [0.1, 0.15) is 22.1 Å². The highest BCUT2D eigenvalue weighted by molar-refractivity contribution is 5.84. The lowest BCUT2D eigenvalue weighted by atomic mass is 10.1. The third-order valence-electron chi connectivity index (χ3n) is 3.08. The summed E-state index contributed by atoms with van der Waals surface area (Å²) < 4.78 is 32.4.